The molecular formula is C22H33BO2Si. The second-order valence-electron chi connectivity index (χ2n) is 9.17. The average Bonchev–Trinajstić information content (AvgIpc) is 2.81. The van der Waals surface area contributed by atoms with Gasteiger partial charge in [-0.05, 0) is 53.4 Å². The molecule has 1 heterocycles. The van der Waals surface area contributed by atoms with Gasteiger partial charge in [0.25, 0.3) is 0 Å². The van der Waals surface area contributed by atoms with Crippen molar-refractivity contribution in [1.29, 1.82) is 0 Å². The molecule has 1 fully saturated rings. The lowest BCUT2D eigenvalue weighted by Gasteiger charge is -2.32. The smallest absolute Gasteiger partial charge is 0.400 e. The fraction of sp³-hybridized carbons (Fsp3) is 0.545. The average molecular weight is 368 g/mol. The molecule has 0 N–H and O–H groups in total. The molecule has 0 atom stereocenters. The fourth-order valence-corrected chi connectivity index (χ4v) is 6.82. The van der Waals surface area contributed by atoms with Crippen LogP contribution in [0, 0.1) is 0 Å². The number of hydrogen-bond acceptors (Lipinski definition) is 2. The van der Waals surface area contributed by atoms with Gasteiger partial charge in [0.05, 0.1) is 11.2 Å². The van der Waals surface area contributed by atoms with Crippen LogP contribution in [0.4, 0.5) is 0 Å². The third-order valence-corrected chi connectivity index (χ3v) is 9.99. The lowest BCUT2D eigenvalue weighted by Crippen LogP contribution is -2.45. The van der Waals surface area contributed by atoms with E-state index in [-0.39, 0.29) is 18.3 Å². The van der Waals surface area contributed by atoms with Crippen molar-refractivity contribution in [3.8, 4) is 0 Å². The SMILES string of the molecule is CC1(C)OB(/C=C(\C2=CCCCC2)[Si](C)(C)c2ccccc2)OC1(C)C. The van der Waals surface area contributed by atoms with E-state index in [0.29, 0.717) is 0 Å². The molecule has 0 bridgehead atoms. The highest BCUT2D eigenvalue weighted by Crippen LogP contribution is 2.39. The molecule has 26 heavy (non-hydrogen) atoms. The van der Waals surface area contributed by atoms with Gasteiger partial charge < -0.3 is 9.31 Å². The molecule has 0 saturated carbocycles. The zero-order valence-electron chi connectivity index (χ0n) is 17.3. The van der Waals surface area contributed by atoms with Crippen molar-refractivity contribution in [3.63, 3.8) is 0 Å². The van der Waals surface area contributed by atoms with Gasteiger partial charge in [-0.3, -0.25) is 0 Å². The van der Waals surface area contributed by atoms with Gasteiger partial charge in [-0.15, -0.1) is 0 Å². The van der Waals surface area contributed by atoms with Crippen LogP contribution in [0.15, 0.2) is 53.2 Å². The third-order valence-electron chi connectivity index (χ3n) is 6.38. The van der Waals surface area contributed by atoms with E-state index in [1.54, 1.807) is 0 Å². The first kappa shape index (κ1) is 19.7. The molecule has 0 radical (unpaired) electrons. The zero-order valence-corrected chi connectivity index (χ0v) is 18.3. The van der Waals surface area contributed by atoms with Gasteiger partial charge in [0.2, 0.25) is 0 Å². The molecular weight excluding hydrogens is 335 g/mol. The summed E-state index contributed by atoms with van der Waals surface area (Å²) in [5, 5.41) is 2.95. The highest BCUT2D eigenvalue weighted by atomic mass is 28.3. The van der Waals surface area contributed by atoms with Crippen molar-refractivity contribution in [2.24, 2.45) is 0 Å². The van der Waals surface area contributed by atoms with Crippen LogP contribution in [0.2, 0.25) is 13.1 Å². The summed E-state index contributed by atoms with van der Waals surface area (Å²) in [6, 6.07) is 11.0. The molecule has 0 amide bonds. The van der Waals surface area contributed by atoms with Gasteiger partial charge in [-0.1, -0.05) is 71.4 Å². The van der Waals surface area contributed by atoms with Crippen LogP contribution in [0.5, 0.6) is 0 Å². The highest BCUT2D eigenvalue weighted by molar-refractivity contribution is 6.97. The molecule has 0 aromatic heterocycles. The normalized spacial score (nSPS) is 23.1. The fourth-order valence-electron chi connectivity index (χ4n) is 3.90. The Morgan fingerprint density at radius 1 is 1.00 bits per heavy atom. The summed E-state index contributed by atoms with van der Waals surface area (Å²) in [5.74, 6) is 2.30. The Morgan fingerprint density at radius 2 is 1.62 bits per heavy atom. The van der Waals surface area contributed by atoms with Gasteiger partial charge in [0.15, 0.2) is 0 Å². The molecule has 1 saturated heterocycles. The van der Waals surface area contributed by atoms with E-state index < -0.39 is 8.07 Å². The minimum absolute atomic E-state index is 0.270. The van der Waals surface area contributed by atoms with E-state index >= 15 is 0 Å². The summed E-state index contributed by atoms with van der Waals surface area (Å²) in [4.78, 5) is 0. The first-order chi connectivity index (χ1) is 12.1. The third kappa shape index (κ3) is 3.78. The topological polar surface area (TPSA) is 18.5 Å². The molecule has 2 nitrogen and oxygen atoms in total. The monoisotopic (exact) mass is 368 g/mol. The van der Waals surface area contributed by atoms with Gasteiger partial charge in [-0.25, -0.2) is 0 Å². The minimum atomic E-state index is -1.82. The van der Waals surface area contributed by atoms with Gasteiger partial charge in [0, 0.05) is 0 Å². The summed E-state index contributed by atoms with van der Waals surface area (Å²) < 4.78 is 12.6. The first-order valence-corrected chi connectivity index (χ1v) is 13.0. The molecule has 1 aliphatic carbocycles. The Bertz CT molecular complexity index is 688. The van der Waals surface area contributed by atoms with Crippen molar-refractivity contribution in [3.05, 3.63) is 53.2 Å². The van der Waals surface area contributed by atoms with E-state index in [2.05, 4.69) is 83.2 Å². The number of hydrogen-bond donors (Lipinski definition) is 0. The largest absolute Gasteiger partial charge is 0.487 e. The van der Waals surface area contributed by atoms with Crippen molar-refractivity contribution in [2.45, 2.75) is 77.7 Å². The minimum Gasteiger partial charge on any atom is -0.400 e. The Morgan fingerprint density at radius 3 is 2.15 bits per heavy atom. The predicted octanol–water partition coefficient (Wildman–Crippen LogP) is 5.20. The Hall–Kier alpha value is -1.10. The zero-order chi connectivity index (χ0) is 19.0. The van der Waals surface area contributed by atoms with Gasteiger partial charge >= 0.3 is 7.12 Å². The maximum absolute atomic E-state index is 6.31. The Labute approximate surface area is 160 Å². The number of allylic oxidation sites excluding steroid dienone is 3. The molecule has 0 unspecified atom stereocenters. The molecule has 4 heteroatoms. The van der Waals surface area contributed by atoms with E-state index in [9.17, 15) is 0 Å². The lowest BCUT2D eigenvalue weighted by molar-refractivity contribution is 0.00578. The van der Waals surface area contributed by atoms with Crippen molar-refractivity contribution >= 4 is 20.4 Å². The van der Waals surface area contributed by atoms with Crippen LogP contribution in [-0.2, 0) is 9.31 Å². The van der Waals surface area contributed by atoms with E-state index in [1.165, 1.54) is 41.6 Å². The molecule has 140 valence electrons. The summed E-state index contributed by atoms with van der Waals surface area (Å²) in [6.45, 7) is 13.4. The number of benzene rings is 1. The molecule has 3 rings (SSSR count). The van der Waals surface area contributed by atoms with Crippen molar-refractivity contribution in [1.82, 2.24) is 0 Å². The van der Waals surface area contributed by atoms with Crippen molar-refractivity contribution < 1.29 is 9.31 Å². The summed E-state index contributed by atoms with van der Waals surface area (Å²) in [7, 11) is -2.09. The van der Waals surface area contributed by atoms with Crippen molar-refractivity contribution in [2.75, 3.05) is 0 Å². The Kier molecular flexibility index (Phi) is 5.40. The summed E-state index contributed by atoms with van der Waals surface area (Å²) in [6.07, 6.45) is 7.41. The molecule has 2 aliphatic rings. The standard InChI is InChI=1S/C22H33BO2Si/c1-21(2)22(3,4)25-23(24-21)17-20(18-13-9-7-10-14-18)26(5,6)19-15-11-8-12-16-19/h8,11-13,15-17H,7,9-10,14H2,1-6H3/b20-17+. The summed E-state index contributed by atoms with van der Waals surface area (Å²) >= 11 is 0. The van der Waals surface area contributed by atoms with E-state index in [0.717, 1.165) is 0 Å². The molecule has 1 aromatic rings. The predicted molar refractivity (Wildman–Crippen MR) is 114 cm³/mol. The molecule has 0 spiro atoms. The van der Waals surface area contributed by atoms with Gasteiger partial charge in [-0.2, -0.15) is 0 Å². The lowest BCUT2D eigenvalue weighted by atomic mass is 9.87. The quantitative estimate of drug-likeness (QED) is 0.680. The van der Waals surface area contributed by atoms with E-state index in [1.807, 2.05) is 0 Å². The van der Waals surface area contributed by atoms with Crippen LogP contribution >= 0.6 is 0 Å². The Balaban J connectivity index is 2.01. The van der Waals surface area contributed by atoms with Gasteiger partial charge in [0.1, 0.15) is 8.07 Å². The van der Waals surface area contributed by atoms with Crippen LogP contribution < -0.4 is 5.19 Å². The van der Waals surface area contributed by atoms with Crippen LogP contribution in [0.3, 0.4) is 0 Å². The molecule has 1 aliphatic heterocycles. The second kappa shape index (κ2) is 7.14. The van der Waals surface area contributed by atoms with E-state index in [4.69, 9.17) is 9.31 Å². The second-order valence-corrected chi connectivity index (χ2v) is 13.5. The highest BCUT2D eigenvalue weighted by Gasteiger charge is 2.50. The maximum atomic E-state index is 6.31. The first-order valence-electron chi connectivity index (χ1n) is 9.96. The summed E-state index contributed by atoms with van der Waals surface area (Å²) in [5.41, 5.74) is 0.934. The number of rotatable bonds is 4. The molecule has 1 aromatic carbocycles. The maximum Gasteiger partial charge on any atom is 0.487 e. The van der Waals surface area contributed by atoms with Crippen LogP contribution in [0.25, 0.3) is 0 Å². The van der Waals surface area contributed by atoms with Crippen LogP contribution in [0.1, 0.15) is 53.4 Å². The van der Waals surface area contributed by atoms with Crippen LogP contribution in [-0.4, -0.2) is 26.4 Å².